The molecule has 1 fully saturated rings. The number of hydrogen-bond acceptors (Lipinski definition) is 1. The van der Waals surface area contributed by atoms with Crippen LogP contribution in [0.2, 0.25) is 0 Å². The molecule has 0 aliphatic carbocycles. The van der Waals surface area contributed by atoms with Crippen molar-refractivity contribution in [1.82, 2.24) is 0 Å². The minimum absolute atomic E-state index is 0.875. The zero-order valence-corrected chi connectivity index (χ0v) is 8.81. The summed E-state index contributed by atoms with van der Waals surface area (Å²) in [4.78, 5) is 0. The molecule has 1 heterocycles. The second kappa shape index (κ2) is 12.6. The molecule has 0 radical (unpaired) electrons. The largest absolute Gasteiger partial charge is 0.381 e. The Kier molecular flexibility index (Phi) is 15.5. The van der Waals surface area contributed by atoms with Gasteiger partial charge < -0.3 is 4.74 Å². The number of hydrogen-bond donors (Lipinski definition) is 0. The lowest BCUT2D eigenvalue weighted by Crippen LogP contribution is -1.94. The fraction of sp³-hybridized carbons (Fsp3) is 1.00. The first-order valence-corrected chi connectivity index (χ1v) is 5.01. The van der Waals surface area contributed by atoms with Crippen LogP contribution in [-0.4, -0.2) is 13.2 Å². The molecule has 0 amide bonds. The van der Waals surface area contributed by atoms with Gasteiger partial charge >= 0.3 is 0 Å². The Hall–Kier alpha value is -0.0400. The highest BCUT2D eigenvalue weighted by Gasteiger charge is 2.11. The molecule has 0 saturated carbocycles. The maximum Gasteiger partial charge on any atom is 0.0495 e. The van der Waals surface area contributed by atoms with E-state index in [1.165, 1.54) is 12.8 Å². The Balaban J connectivity index is 0. The summed E-state index contributed by atoms with van der Waals surface area (Å²) in [6, 6.07) is 0. The smallest absolute Gasteiger partial charge is 0.0495 e. The highest BCUT2D eigenvalue weighted by atomic mass is 16.5. The Morgan fingerprint density at radius 1 is 1.18 bits per heavy atom. The third-order valence-corrected chi connectivity index (χ3v) is 1.60. The summed E-state index contributed by atoms with van der Waals surface area (Å²) in [6.07, 6.45) is 2.58. The van der Waals surface area contributed by atoms with E-state index in [0.29, 0.717) is 0 Å². The van der Waals surface area contributed by atoms with E-state index < -0.39 is 0 Å². The molecule has 0 aromatic carbocycles. The first-order valence-electron chi connectivity index (χ1n) is 5.01. The molecule has 0 N–H and O–H groups in total. The van der Waals surface area contributed by atoms with Gasteiger partial charge in [0.05, 0.1) is 0 Å². The van der Waals surface area contributed by atoms with Gasteiger partial charge in [-0.05, 0) is 12.3 Å². The van der Waals surface area contributed by atoms with E-state index in [4.69, 9.17) is 4.74 Å². The van der Waals surface area contributed by atoms with Gasteiger partial charge in [-0.25, -0.2) is 0 Å². The van der Waals surface area contributed by atoms with Crippen molar-refractivity contribution in [2.45, 2.75) is 47.5 Å². The molecule has 0 spiro atoms. The highest BCUT2D eigenvalue weighted by Crippen LogP contribution is 2.14. The van der Waals surface area contributed by atoms with Crippen LogP contribution in [0, 0.1) is 5.92 Å². The van der Waals surface area contributed by atoms with E-state index in [0.717, 1.165) is 19.1 Å². The van der Waals surface area contributed by atoms with Gasteiger partial charge in [0.15, 0.2) is 0 Å². The van der Waals surface area contributed by atoms with E-state index in [-0.39, 0.29) is 0 Å². The molecule has 11 heavy (non-hydrogen) atoms. The quantitative estimate of drug-likeness (QED) is 0.570. The summed E-state index contributed by atoms with van der Waals surface area (Å²) in [7, 11) is 0. The third kappa shape index (κ3) is 7.86. The van der Waals surface area contributed by atoms with Crippen molar-refractivity contribution in [3.63, 3.8) is 0 Å². The molecule has 1 heteroatoms. The first-order chi connectivity index (χ1) is 5.43. The van der Waals surface area contributed by atoms with Gasteiger partial charge in [0.2, 0.25) is 0 Å². The maximum atomic E-state index is 5.15. The summed E-state index contributed by atoms with van der Waals surface area (Å²) in [6.45, 7) is 12.2. The summed E-state index contributed by atoms with van der Waals surface area (Å²) >= 11 is 0. The van der Waals surface area contributed by atoms with Gasteiger partial charge in [-0.1, -0.05) is 41.0 Å². The van der Waals surface area contributed by atoms with Gasteiger partial charge in [-0.3, -0.25) is 0 Å². The van der Waals surface area contributed by atoms with Crippen molar-refractivity contribution < 1.29 is 4.74 Å². The normalized spacial score (nSPS) is 21.0. The van der Waals surface area contributed by atoms with Gasteiger partial charge in [0.25, 0.3) is 0 Å². The van der Waals surface area contributed by atoms with E-state index in [2.05, 4.69) is 6.92 Å². The minimum atomic E-state index is 0.875. The summed E-state index contributed by atoms with van der Waals surface area (Å²) in [5.41, 5.74) is 0. The molecule has 0 aromatic heterocycles. The van der Waals surface area contributed by atoms with Gasteiger partial charge in [-0.15, -0.1) is 0 Å². The molecule has 1 aliphatic rings. The molecule has 1 rings (SSSR count). The van der Waals surface area contributed by atoms with Crippen LogP contribution in [0.3, 0.4) is 0 Å². The zero-order valence-electron chi connectivity index (χ0n) is 8.81. The maximum absolute atomic E-state index is 5.15. The molecule has 70 valence electrons. The highest BCUT2D eigenvalue weighted by molar-refractivity contribution is 4.60. The van der Waals surface area contributed by atoms with Crippen LogP contribution >= 0.6 is 0 Å². The van der Waals surface area contributed by atoms with Gasteiger partial charge in [0.1, 0.15) is 0 Å². The second-order valence-electron chi connectivity index (χ2n) is 2.14. The van der Waals surface area contributed by atoms with Crippen LogP contribution in [-0.2, 0) is 4.74 Å². The van der Waals surface area contributed by atoms with Gasteiger partial charge in [-0.2, -0.15) is 0 Å². The lowest BCUT2D eigenvalue weighted by molar-refractivity contribution is 0.185. The van der Waals surface area contributed by atoms with Crippen molar-refractivity contribution in [3.05, 3.63) is 0 Å². The molecule has 1 aliphatic heterocycles. The van der Waals surface area contributed by atoms with Crippen LogP contribution in [0.25, 0.3) is 0 Å². The van der Waals surface area contributed by atoms with Crippen LogP contribution in [0.15, 0.2) is 0 Å². The molecule has 0 bridgehead atoms. The molecule has 1 unspecified atom stereocenters. The van der Waals surface area contributed by atoms with Crippen LogP contribution < -0.4 is 0 Å². The Morgan fingerprint density at radius 2 is 1.73 bits per heavy atom. The van der Waals surface area contributed by atoms with E-state index >= 15 is 0 Å². The molecule has 1 nitrogen and oxygen atoms in total. The summed E-state index contributed by atoms with van der Waals surface area (Å²) < 4.78 is 5.15. The minimum Gasteiger partial charge on any atom is -0.381 e. The summed E-state index contributed by atoms with van der Waals surface area (Å²) in [5.74, 6) is 0.875. The first kappa shape index (κ1) is 13.5. The lowest BCUT2D eigenvalue weighted by Gasteiger charge is -1.97. The van der Waals surface area contributed by atoms with Crippen molar-refractivity contribution in [2.75, 3.05) is 13.2 Å². The van der Waals surface area contributed by atoms with E-state index in [9.17, 15) is 0 Å². The third-order valence-electron chi connectivity index (χ3n) is 1.60. The molecule has 1 atom stereocenters. The lowest BCUT2D eigenvalue weighted by atomic mass is 10.1. The Morgan fingerprint density at radius 3 is 1.91 bits per heavy atom. The Labute approximate surface area is 72.1 Å². The van der Waals surface area contributed by atoms with Crippen molar-refractivity contribution in [1.29, 1.82) is 0 Å². The Bertz CT molecular complexity index is 46.8. The van der Waals surface area contributed by atoms with Gasteiger partial charge in [0, 0.05) is 13.2 Å². The predicted octanol–water partition coefficient (Wildman–Crippen LogP) is 3.49. The molecular formula is C10H24O. The average Bonchev–Trinajstić information content (AvgIpc) is 2.63. The number of ether oxygens (including phenoxy) is 1. The standard InChI is InChI=1S/C6H12O.2C2H6/c1-2-6-3-4-7-5-6;2*1-2/h6H,2-5H2,1H3;2*1-2H3. The monoisotopic (exact) mass is 160 g/mol. The van der Waals surface area contributed by atoms with E-state index in [1.807, 2.05) is 27.7 Å². The average molecular weight is 160 g/mol. The topological polar surface area (TPSA) is 9.23 Å². The van der Waals surface area contributed by atoms with Crippen molar-refractivity contribution >= 4 is 0 Å². The fourth-order valence-corrected chi connectivity index (χ4v) is 0.905. The van der Waals surface area contributed by atoms with Crippen LogP contribution in [0.4, 0.5) is 0 Å². The summed E-state index contributed by atoms with van der Waals surface area (Å²) in [5, 5.41) is 0. The molecule has 0 aromatic rings. The van der Waals surface area contributed by atoms with Crippen LogP contribution in [0.1, 0.15) is 47.5 Å². The fourth-order valence-electron chi connectivity index (χ4n) is 0.905. The van der Waals surface area contributed by atoms with E-state index in [1.54, 1.807) is 0 Å². The molecular weight excluding hydrogens is 136 g/mol. The SMILES string of the molecule is CC.CC.CCC1CCOC1. The van der Waals surface area contributed by atoms with Crippen molar-refractivity contribution in [2.24, 2.45) is 5.92 Å². The molecule has 1 saturated heterocycles. The second-order valence-corrected chi connectivity index (χ2v) is 2.14. The van der Waals surface area contributed by atoms with Crippen molar-refractivity contribution in [3.8, 4) is 0 Å². The predicted molar refractivity (Wildman–Crippen MR) is 51.9 cm³/mol. The number of rotatable bonds is 1. The zero-order chi connectivity index (χ0) is 9.11. The van der Waals surface area contributed by atoms with Crippen LogP contribution in [0.5, 0.6) is 0 Å².